The van der Waals surface area contributed by atoms with Gasteiger partial charge in [-0.25, -0.2) is 0 Å². The molecule has 18 heavy (non-hydrogen) atoms. The van der Waals surface area contributed by atoms with Crippen molar-refractivity contribution in [3.05, 3.63) is 22.2 Å². The van der Waals surface area contributed by atoms with Crippen molar-refractivity contribution in [1.29, 1.82) is 0 Å². The lowest BCUT2D eigenvalue weighted by atomic mass is 9.98. The van der Waals surface area contributed by atoms with E-state index in [1.165, 1.54) is 5.56 Å². The van der Waals surface area contributed by atoms with Gasteiger partial charge in [-0.1, -0.05) is 6.92 Å². The average molecular weight is 316 g/mol. The van der Waals surface area contributed by atoms with Crippen LogP contribution in [0.25, 0.3) is 0 Å². The van der Waals surface area contributed by atoms with Crippen LogP contribution in [-0.2, 0) is 6.42 Å². The predicted molar refractivity (Wildman–Crippen MR) is 78.4 cm³/mol. The molecule has 2 N–H and O–H groups in total. The topological polar surface area (TPSA) is 44.5 Å². The van der Waals surface area contributed by atoms with Crippen LogP contribution in [0.15, 0.2) is 16.6 Å². The highest BCUT2D eigenvalue weighted by molar-refractivity contribution is 9.10. The zero-order valence-corrected chi connectivity index (χ0v) is 12.9. The molecular formula is C14H22BrNO2. The number of hydrogen-bond acceptors (Lipinski definition) is 3. The third-order valence-electron chi connectivity index (χ3n) is 3.12. The van der Waals surface area contributed by atoms with Crippen molar-refractivity contribution in [3.8, 4) is 11.5 Å². The lowest BCUT2D eigenvalue weighted by molar-refractivity contribution is 0.394. The summed E-state index contributed by atoms with van der Waals surface area (Å²) in [4.78, 5) is 0. The van der Waals surface area contributed by atoms with Crippen LogP contribution in [0.4, 0.5) is 0 Å². The second-order valence-corrected chi connectivity index (χ2v) is 5.37. The Bertz CT molecular complexity index is 382. The van der Waals surface area contributed by atoms with Gasteiger partial charge in [-0.15, -0.1) is 0 Å². The van der Waals surface area contributed by atoms with Gasteiger partial charge in [-0.05, 0) is 65.4 Å². The predicted octanol–water partition coefficient (Wildman–Crippen LogP) is 3.38. The molecule has 1 atom stereocenters. The van der Waals surface area contributed by atoms with E-state index >= 15 is 0 Å². The molecule has 0 saturated heterocycles. The molecule has 0 fully saturated rings. The summed E-state index contributed by atoms with van der Waals surface area (Å²) >= 11 is 3.47. The zero-order chi connectivity index (χ0) is 13.5. The summed E-state index contributed by atoms with van der Waals surface area (Å²) in [7, 11) is 3.37. The Morgan fingerprint density at radius 3 is 2.39 bits per heavy atom. The molecular weight excluding hydrogens is 294 g/mol. The summed E-state index contributed by atoms with van der Waals surface area (Å²) in [6.07, 6.45) is 3.16. The Hall–Kier alpha value is -0.740. The van der Waals surface area contributed by atoms with Crippen molar-refractivity contribution in [2.24, 2.45) is 11.7 Å². The van der Waals surface area contributed by atoms with Gasteiger partial charge in [0.2, 0.25) is 0 Å². The van der Waals surface area contributed by atoms with Crippen molar-refractivity contribution in [3.63, 3.8) is 0 Å². The molecule has 0 aromatic heterocycles. The van der Waals surface area contributed by atoms with E-state index in [1.54, 1.807) is 14.2 Å². The number of ether oxygens (including phenoxy) is 2. The van der Waals surface area contributed by atoms with E-state index in [-0.39, 0.29) is 0 Å². The molecule has 0 bridgehead atoms. The van der Waals surface area contributed by atoms with Crippen LogP contribution in [0, 0.1) is 5.92 Å². The van der Waals surface area contributed by atoms with Gasteiger partial charge >= 0.3 is 0 Å². The molecule has 0 aliphatic heterocycles. The van der Waals surface area contributed by atoms with Gasteiger partial charge in [0, 0.05) is 0 Å². The van der Waals surface area contributed by atoms with Gasteiger partial charge in [-0.2, -0.15) is 0 Å². The Balaban J connectivity index is 2.79. The van der Waals surface area contributed by atoms with E-state index in [2.05, 4.69) is 22.9 Å². The fraction of sp³-hybridized carbons (Fsp3) is 0.571. The second-order valence-electron chi connectivity index (χ2n) is 4.52. The van der Waals surface area contributed by atoms with Crippen molar-refractivity contribution >= 4 is 15.9 Å². The first-order chi connectivity index (χ1) is 8.62. The number of benzene rings is 1. The van der Waals surface area contributed by atoms with Crippen LogP contribution in [-0.4, -0.2) is 20.8 Å². The molecule has 0 radical (unpaired) electrons. The minimum absolute atomic E-state index is 0.634. The molecule has 0 spiro atoms. The average Bonchev–Trinajstić information content (AvgIpc) is 2.37. The van der Waals surface area contributed by atoms with Crippen LogP contribution in [0.1, 0.15) is 25.3 Å². The number of methoxy groups -OCH3 is 2. The van der Waals surface area contributed by atoms with Crippen LogP contribution < -0.4 is 15.2 Å². The van der Waals surface area contributed by atoms with Gasteiger partial charge in [-0.3, -0.25) is 0 Å². The Labute approximate surface area is 118 Å². The fourth-order valence-corrected chi connectivity index (χ4v) is 2.43. The van der Waals surface area contributed by atoms with Gasteiger partial charge in [0.1, 0.15) is 11.5 Å². The highest BCUT2D eigenvalue weighted by atomic mass is 79.9. The lowest BCUT2D eigenvalue weighted by Gasteiger charge is -2.14. The summed E-state index contributed by atoms with van der Waals surface area (Å²) in [5, 5.41) is 0. The standard InChI is InChI=1S/C14H22BrNO2/c1-10(6-7-16)4-5-11-8-14(18-3)12(15)9-13(11)17-2/h8-10H,4-7,16H2,1-3H3. The van der Waals surface area contributed by atoms with E-state index in [9.17, 15) is 0 Å². The highest BCUT2D eigenvalue weighted by Crippen LogP contribution is 2.33. The first kappa shape index (κ1) is 15.3. The molecule has 1 unspecified atom stereocenters. The van der Waals surface area contributed by atoms with E-state index in [0.717, 1.165) is 41.8 Å². The van der Waals surface area contributed by atoms with Crippen LogP contribution in [0.2, 0.25) is 0 Å². The molecule has 0 aliphatic rings. The first-order valence-electron chi connectivity index (χ1n) is 6.22. The fourth-order valence-electron chi connectivity index (χ4n) is 1.95. The molecule has 102 valence electrons. The third-order valence-corrected chi connectivity index (χ3v) is 3.74. The lowest BCUT2D eigenvalue weighted by Crippen LogP contribution is -2.07. The smallest absolute Gasteiger partial charge is 0.133 e. The summed E-state index contributed by atoms with van der Waals surface area (Å²) in [5.41, 5.74) is 6.75. The molecule has 3 nitrogen and oxygen atoms in total. The van der Waals surface area contributed by atoms with Gasteiger partial charge in [0.05, 0.1) is 18.7 Å². The molecule has 0 aliphatic carbocycles. The van der Waals surface area contributed by atoms with Crippen molar-refractivity contribution in [2.75, 3.05) is 20.8 Å². The number of rotatable bonds is 7. The first-order valence-corrected chi connectivity index (χ1v) is 7.02. The summed E-state index contributed by atoms with van der Waals surface area (Å²) in [6, 6.07) is 4.00. The van der Waals surface area contributed by atoms with E-state index in [0.29, 0.717) is 5.92 Å². The van der Waals surface area contributed by atoms with Gasteiger partial charge < -0.3 is 15.2 Å². The second kappa shape index (κ2) is 7.64. The highest BCUT2D eigenvalue weighted by Gasteiger charge is 2.11. The Kier molecular flexibility index (Phi) is 6.50. The van der Waals surface area contributed by atoms with Crippen LogP contribution >= 0.6 is 15.9 Å². The third kappa shape index (κ3) is 4.18. The SMILES string of the molecule is COc1cc(CCC(C)CCN)c(OC)cc1Br. The molecule has 0 saturated carbocycles. The van der Waals surface area contributed by atoms with E-state index in [1.807, 2.05) is 12.1 Å². The molecule has 1 aromatic carbocycles. The van der Waals surface area contributed by atoms with Crippen molar-refractivity contribution in [2.45, 2.75) is 26.2 Å². The van der Waals surface area contributed by atoms with Crippen molar-refractivity contribution in [1.82, 2.24) is 0 Å². The number of aryl methyl sites for hydroxylation is 1. The maximum Gasteiger partial charge on any atom is 0.133 e. The number of hydrogen-bond donors (Lipinski definition) is 1. The molecule has 1 rings (SSSR count). The van der Waals surface area contributed by atoms with Crippen LogP contribution in [0.3, 0.4) is 0 Å². The summed E-state index contributed by atoms with van der Waals surface area (Å²) in [6.45, 7) is 2.98. The maximum absolute atomic E-state index is 5.57. The number of halogens is 1. The quantitative estimate of drug-likeness (QED) is 0.839. The Morgan fingerprint density at radius 1 is 1.17 bits per heavy atom. The Morgan fingerprint density at radius 2 is 1.83 bits per heavy atom. The molecule has 0 amide bonds. The number of nitrogens with two attached hydrogens (primary N) is 1. The van der Waals surface area contributed by atoms with Gasteiger partial charge in [0.15, 0.2) is 0 Å². The monoisotopic (exact) mass is 315 g/mol. The van der Waals surface area contributed by atoms with E-state index < -0.39 is 0 Å². The van der Waals surface area contributed by atoms with Crippen molar-refractivity contribution < 1.29 is 9.47 Å². The maximum atomic E-state index is 5.57. The summed E-state index contributed by atoms with van der Waals surface area (Å²) < 4.78 is 11.6. The molecule has 1 aromatic rings. The minimum atomic E-state index is 0.634. The normalized spacial score (nSPS) is 12.3. The van der Waals surface area contributed by atoms with Gasteiger partial charge in [0.25, 0.3) is 0 Å². The van der Waals surface area contributed by atoms with Crippen LogP contribution in [0.5, 0.6) is 11.5 Å². The molecule has 4 heteroatoms. The summed E-state index contributed by atoms with van der Waals surface area (Å²) in [5.74, 6) is 2.38. The zero-order valence-electron chi connectivity index (χ0n) is 11.3. The molecule has 0 heterocycles. The minimum Gasteiger partial charge on any atom is -0.496 e. The van der Waals surface area contributed by atoms with E-state index in [4.69, 9.17) is 15.2 Å². The largest absolute Gasteiger partial charge is 0.496 e.